The average molecular weight is 279 g/mol. The van der Waals surface area contributed by atoms with Gasteiger partial charge >= 0.3 is 6.18 Å². The van der Waals surface area contributed by atoms with Crippen LogP contribution in [-0.4, -0.2) is 29.0 Å². The van der Waals surface area contributed by atoms with E-state index < -0.39 is 23.9 Å². The van der Waals surface area contributed by atoms with Crippen molar-refractivity contribution in [1.29, 1.82) is 0 Å². The van der Waals surface area contributed by atoms with E-state index in [1.165, 1.54) is 13.0 Å². The molecule has 1 aromatic rings. The van der Waals surface area contributed by atoms with E-state index in [2.05, 4.69) is 0 Å². The quantitative estimate of drug-likeness (QED) is 0.833. The number of nitrogens with one attached hydrogen (secondary N) is 1. The first kappa shape index (κ1) is 14.7. The molecule has 0 aliphatic rings. The van der Waals surface area contributed by atoms with Gasteiger partial charge in [0.1, 0.15) is 12.3 Å². The number of phenolic OH excluding ortho intramolecular Hbond substituents is 1. The van der Waals surface area contributed by atoms with Crippen LogP contribution in [0.1, 0.15) is 6.92 Å². The van der Waals surface area contributed by atoms with Crippen LogP contribution in [0, 0.1) is 0 Å². The largest absolute Gasteiger partial charge is 0.507 e. The molecular formula is C11H12F3NO2S. The number of aromatic hydroxyl groups is 1. The molecule has 0 aliphatic carbocycles. The van der Waals surface area contributed by atoms with Crippen molar-refractivity contribution in [3.63, 3.8) is 0 Å². The van der Waals surface area contributed by atoms with Crippen molar-refractivity contribution in [2.24, 2.45) is 0 Å². The molecule has 18 heavy (non-hydrogen) atoms. The number of alkyl halides is 3. The highest BCUT2D eigenvalue weighted by atomic mass is 32.2. The zero-order valence-corrected chi connectivity index (χ0v) is 10.3. The van der Waals surface area contributed by atoms with Crippen LogP contribution in [0.15, 0.2) is 29.2 Å². The molecule has 1 rings (SSSR count). The minimum Gasteiger partial charge on any atom is -0.507 e. The van der Waals surface area contributed by atoms with E-state index in [0.29, 0.717) is 4.90 Å². The molecule has 1 aromatic carbocycles. The second-order valence-corrected chi connectivity index (χ2v) is 4.94. The Morgan fingerprint density at radius 3 is 2.61 bits per heavy atom. The number of phenols is 1. The van der Waals surface area contributed by atoms with Gasteiger partial charge in [-0.3, -0.25) is 4.79 Å². The first-order valence-corrected chi connectivity index (χ1v) is 5.96. The van der Waals surface area contributed by atoms with Crippen molar-refractivity contribution in [3.05, 3.63) is 24.3 Å². The molecule has 3 nitrogen and oxygen atoms in total. The van der Waals surface area contributed by atoms with Crippen LogP contribution in [0.25, 0.3) is 0 Å². The molecule has 100 valence electrons. The number of halogens is 3. The van der Waals surface area contributed by atoms with Gasteiger partial charge in [-0.2, -0.15) is 13.2 Å². The zero-order valence-electron chi connectivity index (χ0n) is 9.49. The SMILES string of the molecule is CC(Sc1ccccc1O)C(=O)NCC(F)(F)F. The Balaban J connectivity index is 2.53. The zero-order chi connectivity index (χ0) is 13.8. The van der Waals surface area contributed by atoms with Crippen LogP contribution in [0.3, 0.4) is 0 Å². The van der Waals surface area contributed by atoms with Crippen molar-refractivity contribution in [1.82, 2.24) is 5.32 Å². The summed E-state index contributed by atoms with van der Waals surface area (Å²) in [5.41, 5.74) is 0. The van der Waals surface area contributed by atoms with Crippen molar-refractivity contribution < 1.29 is 23.1 Å². The Morgan fingerprint density at radius 2 is 2.06 bits per heavy atom. The number of thioether (sulfide) groups is 1. The van der Waals surface area contributed by atoms with Gasteiger partial charge in [-0.25, -0.2) is 0 Å². The molecule has 0 fully saturated rings. The molecule has 0 aliphatic heterocycles. The lowest BCUT2D eigenvalue weighted by Gasteiger charge is -2.13. The summed E-state index contributed by atoms with van der Waals surface area (Å²) in [4.78, 5) is 11.8. The lowest BCUT2D eigenvalue weighted by Crippen LogP contribution is -2.37. The smallest absolute Gasteiger partial charge is 0.405 e. The summed E-state index contributed by atoms with van der Waals surface area (Å²) in [6, 6.07) is 6.33. The average Bonchev–Trinajstić information content (AvgIpc) is 2.28. The van der Waals surface area contributed by atoms with Gasteiger partial charge in [-0.05, 0) is 19.1 Å². The molecule has 1 unspecified atom stereocenters. The van der Waals surface area contributed by atoms with Gasteiger partial charge in [-0.15, -0.1) is 11.8 Å². The normalized spacial score (nSPS) is 13.1. The minimum absolute atomic E-state index is 0.00188. The van der Waals surface area contributed by atoms with Crippen LogP contribution in [0.4, 0.5) is 13.2 Å². The second kappa shape index (κ2) is 5.99. The Hall–Kier alpha value is -1.37. The van der Waals surface area contributed by atoms with Gasteiger partial charge in [0.15, 0.2) is 0 Å². The molecule has 0 saturated carbocycles. The minimum atomic E-state index is -4.42. The standard InChI is InChI=1S/C11H12F3NO2S/c1-7(10(17)15-6-11(12,13)14)18-9-5-3-2-4-8(9)16/h2-5,7,16H,6H2,1H3,(H,15,17). The summed E-state index contributed by atoms with van der Waals surface area (Å²) in [7, 11) is 0. The fourth-order valence-corrected chi connectivity index (χ4v) is 2.05. The maximum Gasteiger partial charge on any atom is 0.405 e. The molecule has 1 amide bonds. The summed E-state index contributed by atoms with van der Waals surface area (Å²) in [5, 5.41) is 10.5. The number of hydrogen-bond acceptors (Lipinski definition) is 3. The molecule has 0 heterocycles. The summed E-state index contributed by atoms with van der Waals surface area (Å²) in [6.45, 7) is 0.125. The van der Waals surface area contributed by atoms with Gasteiger partial charge in [0.2, 0.25) is 5.91 Å². The number of rotatable bonds is 4. The van der Waals surface area contributed by atoms with Crippen molar-refractivity contribution >= 4 is 17.7 Å². The van der Waals surface area contributed by atoms with E-state index in [-0.39, 0.29) is 5.75 Å². The summed E-state index contributed by atoms with van der Waals surface area (Å²) >= 11 is 0.999. The maximum atomic E-state index is 11.9. The van der Waals surface area contributed by atoms with Crippen LogP contribution >= 0.6 is 11.8 Å². The topological polar surface area (TPSA) is 49.3 Å². The summed E-state index contributed by atoms with van der Waals surface area (Å²) < 4.78 is 35.7. The fourth-order valence-electron chi connectivity index (χ4n) is 1.13. The van der Waals surface area contributed by atoms with Gasteiger partial charge in [0, 0.05) is 4.90 Å². The summed E-state index contributed by atoms with van der Waals surface area (Å²) in [5.74, 6) is -0.724. The molecule has 2 N–H and O–H groups in total. The van der Waals surface area contributed by atoms with Crippen LogP contribution in [-0.2, 0) is 4.79 Å². The highest BCUT2D eigenvalue weighted by molar-refractivity contribution is 8.00. The van der Waals surface area contributed by atoms with Crippen molar-refractivity contribution in [3.8, 4) is 5.75 Å². The monoisotopic (exact) mass is 279 g/mol. The molecule has 1 atom stereocenters. The number of amides is 1. The maximum absolute atomic E-state index is 11.9. The lowest BCUT2D eigenvalue weighted by atomic mass is 10.3. The first-order chi connectivity index (χ1) is 8.29. The van der Waals surface area contributed by atoms with E-state index in [1.54, 1.807) is 23.5 Å². The number of benzene rings is 1. The Kier molecular flexibility index (Phi) is 4.89. The Labute approximate surface area is 106 Å². The predicted molar refractivity (Wildman–Crippen MR) is 62.5 cm³/mol. The molecule has 7 heteroatoms. The van der Waals surface area contributed by atoms with Gasteiger partial charge in [0.05, 0.1) is 5.25 Å². The molecule has 0 bridgehead atoms. The van der Waals surface area contributed by atoms with Gasteiger partial charge in [0.25, 0.3) is 0 Å². The molecule has 0 radical (unpaired) electrons. The molecular weight excluding hydrogens is 267 g/mol. The van der Waals surface area contributed by atoms with Gasteiger partial charge < -0.3 is 10.4 Å². The van der Waals surface area contributed by atoms with Crippen molar-refractivity contribution in [2.45, 2.75) is 23.2 Å². The van der Waals surface area contributed by atoms with E-state index >= 15 is 0 Å². The molecule has 0 spiro atoms. The lowest BCUT2D eigenvalue weighted by molar-refractivity contribution is -0.137. The van der Waals surface area contributed by atoms with E-state index in [0.717, 1.165) is 11.8 Å². The van der Waals surface area contributed by atoms with Crippen molar-refractivity contribution in [2.75, 3.05) is 6.54 Å². The second-order valence-electron chi connectivity index (χ2n) is 3.56. The highest BCUT2D eigenvalue weighted by Crippen LogP contribution is 2.31. The van der Waals surface area contributed by atoms with E-state index in [1.807, 2.05) is 0 Å². The Morgan fingerprint density at radius 1 is 1.44 bits per heavy atom. The van der Waals surface area contributed by atoms with E-state index in [4.69, 9.17) is 0 Å². The predicted octanol–water partition coefficient (Wildman–Crippen LogP) is 2.55. The van der Waals surface area contributed by atoms with Gasteiger partial charge in [-0.1, -0.05) is 12.1 Å². The summed E-state index contributed by atoms with van der Waals surface area (Å²) in [6.07, 6.45) is -4.42. The number of hydrogen-bond donors (Lipinski definition) is 2. The highest BCUT2D eigenvalue weighted by Gasteiger charge is 2.28. The van der Waals surface area contributed by atoms with Crippen LogP contribution < -0.4 is 5.32 Å². The Bertz CT molecular complexity index is 423. The third-order valence-corrected chi connectivity index (χ3v) is 3.17. The fraction of sp³-hybridized carbons (Fsp3) is 0.364. The number of carbonyl (C=O) groups is 1. The van der Waals surface area contributed by atoms with Crippen LogP contribution in [0.5, 0.6) is 5.75 Å². The molecule has 0 saturated heterocycles. The third kappa shape index (κ3) is 4.87. The van der Waals surface area contributed by atoms with E-state index in [9.17, 15) is 23.1 Å². The first-order valence-electron chi connectivity index (χ1n) is 5.08. The third-order valence-electron chi connectivity index (χ3n) is 2.00. The number of para-hydroxylation sites is 1. The molecule has 0 aromatic heterocycles. The number of carbonyl (C=O) groups excluding carboxylic acids is 1. The van der Waals surface area contributed by atoms with Crippen LogP contribution in [0.2, 0.25) is 0 Å².